The monoisotopic (exact) mass is 373 g/mol. The van der Waals surface area contributed by atoms with Gasteiger partial charge in [-0.15, -0.1) is 0 Å². The lowest BCUT2D eigenvalue weighted by molar-refractivity contribution is -0.154. The number of carbonyl (C=O) groups excluding carboxylic acids is 1. The Morgan fingerprint density at radius 2 is 1.71 bits per heavy atom. The molecular formula is C12H14Cl3NO4S. The van der Waals surface area contributed by atoms with Gasteiger partial charge in [-0.05, 0) is 26.0 Å². The van der Waals surface area contributed by atoms with Crippen LogP contribution in [0.1, 0.15) is 13.8 Å². The molecule has 9 heteroatoms. The number of hydrogen-bond donors (Lipinski definition) is 1. The van der Waals surface area contributed by atoms with Crippen molar-refractivity contribution in [3.63, 3.8) is 0 Å². The van der Waals surface area contributed by atoms with Crippen LogP contribution in [0.4, 0.5) is 0 Å². The third-order valence-electron chi connectivity index (χ3n) is 2.34. The van der Waals surface area contributed by atoms with Gasteiger partial charge >= 0.3 is 5.97 Å². The van der Waals surface area contributed by atoms with Gasteiger partial charge in [0.25, 0.3) is 3.79 Å². The second kappa shape index (κ2) is 6.71. The van der Waals surface area contributed by atoms with E-state index in [4.69, 9.17) is 39.5 Å². The summed E-state index contributed by atoms with van der Waals surface area (Å²) in [6, 6.07) is 7.79. The molecule has 0 amide bonds. The zero-order chi connectivity index (χ0) is 16.3. The van der Waals surface area contributed by atoms with Gasteiger partial charge in [-0.3, -0.25) is 0 Å². The number of hydrogen-bond acceptors (Lipinski definition) is 4. The average molecular weight is 375 g/mol. The first-order valence-corrected chi connectivity index (χ1v) is 8.41. The molecule has 1 aromatic rings. The number of halogens is 3. The fourth-order valence-electron chi connectivity index (χ4n) is 1.30. The van der Waals surface area contributed by atoms with Crippen LogP contribution in [0.25, 0.3) is 0 Å². The topological polar surface area (TPSA) is 72.5 Å². The highest BCUT2D eigenvalue weighted by molar-refractivity contribution is 7.89. The van der Waals surface area contributed by atoms with E-state index in [1.807, 2.05) is 0 Å². The lowest BCUT2D eigenvalue weighted by atomic mass is 10.1. The Labute approximate surface area is 138 Å². The Kier molecular flexibility index (Phi) is 5.91. The highest BCUT2D eigenvalue weighted by Crippen LogP contribution is 2.29. The van der Waals surface area contributed by atoms with Crippen molar-refractivity contribution in [2.45, 2.75) is 28.1 Å². The summed E-state index contributed by atoms with van der Waals surface area (Å²) >= 11 is 16.2. The Balaban J connectivity index is 2.72. The molecule has 0 fully saturated rings. The maximum Gasteiger partial charge on any atom is 0.359 e. The van der Waals surface area contributed by atoms with Gasteiger partial charge in [-0.25, -0.2) is 17.9 Å². The van der Waals surface area contributed by atoms with Gasteiger partial charge in [0.2, 0.25) is 10.0 Å². The summed E-state index contributed by atoms with van der Waals surface area (Å²) in [5, 5.41) is 0. The molecule has 1 N–H and O–H groups in total. The van der Waals surface area contributed by atoms with Gasteiger partial charge in [0.15, 0.2) is 0 Å². The Morgan fingerprint density at radius 3 is 2.19 bits per heavy atom. The standard InChI is InChI=1S/C12H14Cl3NO4S/c1-11(2,20-10(17)12(13,14)15)8-16-21(18,19)9-6-4-3-5-7-9/h3-7,16H,8H2,1-2H3. The minimum Gasteiger partial charge on any atom is -0.455 e. The Bertz CT molecular complexity index is 597. The number of esters is 1. The first-order valence-electron chi connectivity index (χ1n) is 5.79. The van der Waals surface area contributed by atoms with E-state index < -0.39 is 25.4 Å². The highest BCUT2D eigenvalue weighted by Gasteiger charge is 2.37. The fraction of sp³-hybridized carbons (Fsp3) is 0.417. The summed E-state index contributed by atoms with van der Waals surface area (Å²) in [6.45, 7) is 2.82. The molecule has 0 saturated heterocycles. The largest absolute Gasteiger partial charge is 0.455 e. The Morgan fingerprint density at radius 1 is 1.19 bits per heavy atom. The van der Waals surface area contributed by atoms with E-state index in [1.54, 1.807) is 18.2 Å². The van der Waals surface area contributed by atoms with Crippen LogP contribution in [0.5, 0.6) is 0 Å². The average Bonchev–Trinajstić information content (AvgIpc) is 2.36. The van der Waals surface area contributed by atoms with Crippen LogP contribution >= 0.6 is 34.8 Å². The van der Waals surface area contributed by atoms with E-state index in [2.05, 4.69) is 4.72 Å². The molecule has 0 aliphatic rings. The van der Waals surface area contributed by atoms with Crippen LogP contribution in [-0.4, -0.2) is 30.3 Å². The third-order valence-corrected chi connectivity index (χ3v) is 4.22. The second-order valence-electron chi connectivity index (χ2n) is 4.78. The number of carbonyl (C=O) groups is 1. The fourth-order valence-corrected chi connectivity index (χ4v) is 2.63. The predicted molar refractivity (Wildman–Crippen MR) is 82.1 cm³/mol. The van der Waals surface area contributed by atoms with E-state index >= 15 is 0 Å². The first-order chi connectivity index (χ1) is 9.44. The van der Waals surface area contributed by atoms with Gasteiger partial charge in [0.05, 0.1) is 11.4 Å². The van der Waals surface area contributed by atoms with Crippen LogP contribution in [0, 0.1) is 0 Å². The number of benzene rings is 1. The minimum atomic E-state index is -3.70. The van der Waals surface area contributed by atoms with Crippen LogP contribution < -0.4 is 4.72 Å². The van der Waals surface area contributed by atoms with Gasteiger partial charge in [-0.1, -0.05) is 53.0 Å². The molecule has 118 valence electrons. The van der Waals surface area contributed by atoms with E-state index in [0.29, 0.717) is 0 Å². The summed E-state index contributed by atoms with van der Waals surface area (Å²) in [6.07, 6.45) is 0. The minimum absolute atomic E-state index is 0.105. The highest BCUT2D eigenvalue weighted by atomic mass is 35.6. The molecular weight excluding hydrogens is 361 g/mol. The van der Waals surface area contributed by atoms with E-state index in [9.17, 15) is 13.2 Å². The number of ether oxygens (including phenoxy) is 1. The molecule has 21 heavy (non-hydrogen) atoms. The number of sulfonamides is 1. The molecule has 1 rings (SSSR count). The predicted octanol–water partition coefficient (Wildman–Crippen LogP) is 2.66. The molecule has 0 aromatic heterocycles. The summed E-state index contributed by atoms with van der Waals surface area (Å²) in [5.41, 5.74) is -1.18. The molecule has 0 aliphatic heterocycles. The van der Waals surface area contributed by atoms with E-state index in [0.717, 1.165) is 0 Å². The zero-order valence-electron chi connectivity index (χ0n) is 11.3. The van der Waals surface area contributed by atoms with Crippen molar-refractivity contribution in [1.29, 1.82) is 0 Å². The molecule has 0 spiro atoms. The quantitative estimate of drug-likeness (QED) is 0.635. The van der Waals surface area contributed by atoms with Crippen molar-refractivity contribution < 1.29 is 17.9 Å². The van der Waals surface area contributed by atoms with Crippen LogP contribution in [0.2, 0.25) is 0 Å². The zero-order valence-corrected chi connectivity index (χ0v) is 14.4. The van der Waals surface area contributed by atoms with Gasteiger partial charge < -0.3 is 4.74 Å². The van der Waals surface area contributed by atoms with Gasteiger partial charge in [0.1, 0.15) is 5.60 Å². The molecule has 0 bridgehead atoms. The summed E-state index contributed by atoms with van der Waals surface area (Å²) in [5.74, 6) is -1.07. The van der Waals surface area contributed by atoms with Crippen molar-refractivity contribution in [3.05, 3.63) is 30.3 Å². The maximum atomic E-state index is 12.0. The SMILES string of the molecule is CC(C)(CNS(=O)(=O)c1ccccc1)OC(=O)C(Cl)(Cl)Cl. The van der Waals surface area contributed by atoms with Gasteiger partial charge in [-0.2, -0.15) is 0 Å². The summed E-state index contributed by atoms with van der Waals surface area (Å²) in [7, 11) is -3.70. The number of alkyl halides is 3. The van der Waals surface area contributed by atoms with Crippen molar-refractivity contribution in [2.24, 2.45) is 0 Å². The lowest BCUT2D eigenvalue weighted by Gasteiger charge is -2.27. The normalized spacial score (nSPS) is 13.0. The second-order valence-corrected chi connectivity index (χ2v) is 8.83. The van der Waals surface area contributed by atoms with Crippen molar-refractivity contribution >= 4 is 50.8 Å². The molecule has 0 aliphatic carbocycles. The molecule has 5 nitrogen and oxygen atoms in total. The molecule has 0 atom stereocenters. The number of nitrogens with one attached hydrogen (secondary N) is 1. The van der Waals surface area contributed by atoms with Gasteiger partial charge in [0, 0.05) is 0 Å². The number of rotatable bonds is 5. The molecule has 0 saturated carbocycles. The molecule has 1 aromatic carbocycles. The van der Waals surface area contributed by atoms with Crippen molar-refractivity contribution in [3.8, 4) is 0 Å². The van der Waals surface area contributed by atoms with E-state index in [1.165, 1.54) is 26.0 Å². The van der Waals surface area contributed by atoms with E-state index in [-0.39, 0.29) is 11.4 Å². The molecule has 0 radical (unpaired) electrons. The summed E-state index contributed by atoms with van der Waals surface area (Å²) < 4.78 is 29.2. The van der Waals surface area contributed by atoms with Crippen LogP contribution in [-0.2, 0) is 19.6 Å². The van der Waals surface area contributed by atoms with Crippen molar-refractivity contribution in [2.75, 3.05) is 6.54 Å². The van der Waals surface area contributed by atoms with Crippen molar-refractivity contribution in [1.82, 2.24) is 4.72 Å². The molecule has 0 heterocycles. The van der Waals surface area contributed by atoms with Crippen LogP contribution in [0.3, 0.4) is 0 Å². The maximum absolute atomic E-state index is 12.0. The van der Waals surface area contributed by atoms with Crippen LogP contribution in [0.15, 0.2) is 35.2 Å². The lowest BCUT2D eigenvalue weighted by Crippen LogP contribution is -2.43. The summed E-state index contributed by atoms with van der Waals surface area (Å²) in [4.78, 5) is 11.6. The first kappa shape index (κ1) is 18.5. The Hall–Kier alpha value is -0.530. The molecule has 0 unspecified atom stereocenters. The third kappa shape index (κ3) is 6.00. The smallest absolute Gasteiger partial charge is 0.359 e.